The van der Waals surface area contributed by atoms with Crippen molar-refractivity contribution in [3.8, 4) is 0 Å². The fourth-order valence-corrected chi connectivity index (χ4v) is 3.80. The molecule has 2 atom stereocenters. The zero-order valence-electron chi connectivity index (χ0n) is 26.9. The number of esters is 2. The molecule has 0 rings (SSSR count). The summed E-state index contributed by atoms with van der Waals surface area (Å²) in [7, 11) is 0. The Balaban J connectivity index is -0.000000255. The van der Waals surface area contributed by atoms with Gasteiger partial charge < -0.3 is 42.6 Å². The summed E-state index contributed by atoms with van der Waals surface area (Å²) in [4.78, 5) is 35.2. The molecule has 0 aromatic carbocycles. The van der Waals surface area contributed by atoms with Gasteiger partial charge in [-0.25, -0.2) is 4.79 Å². The Kier molecular flexibility index (Phi) is 43.2. The van der Waals surface area contributed by atoms with Gasteiger partial charge in [-0.2, -0.15) is 0 Å². The molecule has 0 fully saturated rings. The van der Waals surface area contributed by atoms with Crippen LogP contribution in [0.3, 0.4) is 0 Å². The van der Waals surface area contributed by atoms with Crippen LogP contribution in [0.1, 0.15) is 111 Å². The average Bonchev–Trinajstić information content (AvgIpc) is 2.92. The molecule has 264 valence electrons. The second-order valence-electron chi connectivity index (χ2n) is 9.77. The highest BCUT2D eigenvalue weighted by Gasteiger charge is 2.21. The van der Waals surface area contributed by atoms with Crippen LogP contribution in [0, 0.1) is 10.8 Å². The van der Waals surface area contributed by atoms with Crippen LogP contribution < -0.4 is 33.2 Å². The predicted molar refractivity (Wildman–Crippen MR) is 185 cm³/mol. The Morgan fingerprint density at radius 3 is 1.55 bits per heavy atom. The first-order valence-corrected chi connectivity index (χ1v) is 15.1. The molecule has 0 saturated heterocycles. The number of amides is 1. The van der Waals surface area contributed by atoms with E-state index in [1.807, 2.05) is 0 Å². The van der Waals surface area contributed by atoms with Gasteiger partial charge in [-0.15, -0.1) is 37.2 Å². The molecule has 0 heterocycles. The summed E-state index contributed by atoms with van der Waals surface area (Å²) in [5.41, 5.74) is 15.8. The van der Waals surface area contributed by atoms with Crippen molar-refractivity contribution in [1.82, 2.24) is 16.0 Å². The van der Waals surface area contributed by atoms with Crippen LogP contribution in [-0.2, 0) is 23.9 Å². The molecule has 16 heteroatoms. The van der Waals surface area contributed by atoms with Crippen molar-refractivity contribution < 1.29 is 23.9 Å². The summed E-state index contributed by atoms with van der Waals surface area (Å²) in [5, 5.41) is 22.1. The number of rotatable bonds is 23. The van der Waals surface area contributed by atoms with Gasteiger partial charge in [0, 0.05) is 19.5 Å². The SMILES string of the molecule is CCCCCCCCCCCC(=O)NC(CCCNC(=N)N)C(=O)OCC.CCOC(=O)C(N)CCCNC(=N)N.Cl.Cl.Cl. The second-order valence-corrected chi connectivity index (χ2v) is 9.77. The Hall–Kier alpha value is -2.22. The van der Waals surface area contributed by atoms with Crippen LogP contribution in [0.5, 0.6) is 0 Å². The van der Waals surface area contributed by atoms with Gasteiger partial charge in [-0.05, 0) is 46.0 Å². The van der Waals surface area contributed by atoms with Gasteiger partial charge in [0.2, 0.25) is 5.91 Å². The third kappa shape index (κ3) is 36.0. The van der Waals surface area contributed by atoms with Crippen LogP contribution >= 0.6 is 37.2 Å². The summed E-state index contributed by atoms with van der Waals surface area (Å²) < 4.78 is 9.77. The third-order valence-corrected chi connectivity index (χ3v) is 6.00. The van der Waals surface area contributed by atoms with E-state index in [1.165, 1.54) is 38.5 Å². The number of carbonyl (C=O) groups is 3. The molecule has 0 aromatic rings. The van der Waals surface area contributed by atoms with Crippen molar-refractivity contribution in [2.75, 3.05) is 26.3 Å². The van der Waals surface area contributed by atoms with Gasteiger partial charge in [-0.1, -0.05) is 58.3 Å². The maximum Gasteiger partial charge on any atom is 0.328 e. The number of ether oxygens (including phenoxy) is 2. The van der Waals surface area contributed by atoms with E-state index in [1.54, 1.807) is 13.8 Å². The van der Waals surface area contributed by atoms with E-state index in [0.29, 0.717) is 51.8 Å². The molecule has 13 nitrogen and oxygen atoms in total. The molecule has 0 aromatic heterocycles. The highest BCUT2D eigenvalue weighted by atomic mass is 35.5. The quantitative estimate of drug-likeness (QED) is 0.0335. The summed E-state index contributed by atoms with van der Waals surface area (Å²) >= 11 is 0. The lowest BCUT2D eigenvalue weighted by Crippen LogP contribution is -2.42. The Bertz CT molecular complexity index is 739. The average molecular weight is 696 g/mol. The van der Waals surface area contributed by atoms with E-state index in [0.717, 1.165) is 19.3 Å². The Morgan fingerprint density at radius 2 is 1.09 bits per heavy atom. The van der Waals surface area contributed by atoms with Gasteiger partial charge in [0.25, 0.3) is 0 Å². The maximum absolute atomic E-state index is 12.1. The standard InChI is InChI=1S/C20H40N4O3.C8H18N4O2.3ClH/c1-3-5-6-7-8-9-10-11-12-15-18(25)24-17(19(26)27-4-2)14-13-16-23-20(21)22;1-2-14-7(13)6(9)4-3-5-12-8(10)11;;;/h17H,3-16H2,1-2H3,(H,24,25)(H4,21,22,23);6H,2-5,9H2,1H3,(H4,10,11,12);3*1H. The van der Waals surface area contributed by atoms with Crippen molar-refractivity contribution >= 4 is 67.0 Å². The number of halogens is 3. The minimum Gasteiger partial charge on any atom is -0.465 e. The van der Waals surface area contributed by atoms with Gasteiger partial charge in [-0.3, -0.25) is 20.4 Å². The molecule has 0 spiro atoms. The highest BCUT2D eigenvalue weighted by Crippen LogP contribution is 2.11. The predicted octanol–water partition coefficient (Wildman–Crippen LogP) is 3.62. The van der Waals surface area contributed by atoms with Gasteiger partial charge in [0.05, 0.1) is 13.2 Å². The monoisotopic (exact) mass is 694 g/mol. The Morgan fingerprint density at radius 1 is 0.659 bits per heavy atom. The number of carbonyl (C=O) groups excluding carboxylic acids is 3. The van der Waals surface area contributed by atoms with Crippen LogP contribution in [0.2, 0.25) is 0 Å². The van der Waals surface area contributed by atoms with Crippen molar-refractivity contribution in [2.45, 2.75) is 123 Å². The van der Waals surface area contributed by atoms with E-state index in [4.69, 9.17) is 37.5 Å². The van der Waals surface area contributed by atoms with Crippen LogP contribution in [0.15, 0.2) is 0 Å². The molecule has 1 amide bonds. The molecular formula is C28H61Cl3N8O5. The number of hydrogen-bond acceptors (Lipinski definition) is 8. The lowest BCUT2D eigenvalue weighted by molar-refractivity contribution is -0.147. The summed E-state index contributed by atoms with van der Waals surface area (Å²) in [6.45, 7) is 7.37. The molecule has 11 N–H and O–H groups in total. The summed E-state index contributed by atoms with van der Waals surface area (Å²) in [6.07, 6.45) is 13.5. The van der Waals surface area contributed by atoms with E-state index < -0.39 is 18.1 Å². The van der Waals surface area contributed by atoms with Gasteiger partial charge >= 0.3 is 11.9 Å². The smallest absolute Gasteiger partial charge is 0.328 e. The van der Waals surface area contributed by atoms with E-state index in [-0.39, 0.29) is 67.6 Å². The first-order valence-electron chi connectivity index (χ1n) is 15.1. The fraction of sp³-hybridized carbons (Fsp3) is 0.821. The molecule has 0 aliphatic heterocycles. The van der Waals surface area contributed by atoms with Crippen molar-refractivity contribution in [1.29, 1.82) is 10.8 Å². The number of guanidine groups is 2. The number of unbranched alkanes of at least 4 members (excludes halogenated alkanes) is 8. The van der Waals surface area contributed by atoms with E-state index in [2.05, 4.69) is 22.9 Å². The van der Waals surface area contributed by atoms with Crippen molar-refractivity contribution in [2.24, 2.45) is 17.2 Å². The highest BCUT2D eigenvalue weighted by molar-refractivity contribution is 5.86. The zero-order valence-corrected chi connectivity index (χ0v) is 29.3. The first kappa shape index (κ1) is 51.4. The zero-order chi connectivity index (χ0) is 31.3. The molecular weight excluding hydrogens is 635 g/mol. The largest absolute Gasteiger partial charge is 0.465 e. The van der Waals surface area contributed by atoms with Crippen molar-refractivity contribution in [3.63, 3.8) is 0 Å². The Labute approximate surface area is 283 Å². The lowest BCUT2D eigenvalue weighted by atomic mass is 10.1. The second kappa shape index (κ2) is 37.0. The van der Waals surface area contributed by atoms with Crippen LogP contribution in [0.4, 0.5) is 0 Å². The van der Waals surface area contributed by atoms with Crippen LogP contribution in [-0.4, -0.2) is 68.2 Å². The molecule has 0 aliphatic rings. The minimum absolute atomic E-state index is 0. The number of hydrogen-bond donors (Lipinski definition) is 8. The van der Waals surface area contributed by atoms with Crippen LogP contribution in [0.25, 0.3) is 0 Å². The number of nitrogens with two attached hydrogens (primary N) is 3. The third-order valence-electron chi connectivity index (χ3n) is 6.00. The normalized spacial score (nSPS) is 10.9. The molecule has 0 radical (unpaired) electrons. The molecule has 0 aliphatic carbocycles. The molecule has 0 saturated carbocycles. The van der Waals surface area contributed by atoms with Crippen molar-refractivity contribution in [3.05, 3.63) is 0 Å². The maximum atomic E-state index is 12.1. The van der Waals surface area contributed by atoms with Gasteiger partial charge in [0.15, 0.2) is 11.9 Å². The topological polar surface area (TPSA) is 232 Å². The van der Waals surface area contributed by atoms with Gasteiger partial charge in [0.1, 0.15) is 12.1 Å². The lowest BCUT2D eigenvalue weighted by Gasteiger charge is -2.17. The molecule has 2 unspecified atom stereocenters. The summed E-state index contributed by atoms with van der Waals surface area (Å²) in [6, 6.07) is -1.21. The fourth-order valence-electron chi connectivity index (χ4n) is 3.80. The summed E-state index contributed by atoms with van der Waals surface area (Å²) in [5.74, 6) is -1.06. The molecule has 44 heavy (non-hydrogen) atoms. The van der Waals surface area contributed by atoms with E-state index >= 15 is 0 Å². The number of nitrogens with one attached hydrogen (secondary N) is 5. The first-order chi connectivity index (χ1) is 19.6. The minimum atomic E-state index is -0.634. The molecule has 0 bridgehead atoms. The van der Waals surface area contributed by atoms with E-state index in [9.17, 15) is 14.4 Å².